The van der Waals surface area contributed by atoms with Crippen LogP contribution in [-0.2, 0) is 0 Å². The second-order valence-corrected chi connectivity index (χ2v) is 5.79. The minimum absolute atomic E-state index is 0.304. The van der Waals surface area contributed by atoms with Crippen molar-refractivity contribution >= 4 is 16.7 Å². The van der Waals surface area contributed by atoms with E-state index >= 15 is 0 Å². The van der Waals surface area contributed by atoms with Gasteiger partial charge < -0.3 is 10.1 Å². The Morgan fingerprint density at radius 2 is 1.83 bits per heavy atom. The molecule has 4 aromatic rings. The molecule has 8 heteroatoms. The Bertz CT molecular complexity index is 1120. The quantitative estimate of drug-likeness (QED) is 0.547. The lowest BCUT2D eigenvalue weighted by atomic mass is 10.0. The van der Waals surface area contributed by atoms with Crippen LogP contribution < -0.4 is 10.1 Å². The van der Waals surface area contributed by atoms with Gasteiger partial charge in [-0.15, -0.1) is 0 Å². The van der Waals surface area contributed by atoms with Gasteiger partial charge in [-0.1, -0.05) is 18.2 Å². The number of aromatic nitrogens is 4. The molecule has 0 saturated carbocycles. The molecule has 0 saturated heterocycles. The van der Waals surface area contributed by atoms with Gasteiger partial charge in [-0.05, 0) is 23.8 Å². The summed E-state index contributed by atoms with van der Waals surface area (Å²) < 4.78 is 29.3. The Balaban J connectivity index is 0.00000117. The van der Waals surface area contributed by atoms with Gasteiger partial charge in [-0.25, -0.2) is 19.3 Å². The number of ether oxygens (including phenoxy) is 1. The molecule has 0 spiro atoms. The first-order valence-electron chi connectivity index (χ1n) is 8.68. The number of alkyl halides is 1. The first-order valence-corrected chi connectivity index (χ1v) is 8.68. The smallest absolute Gasteiger partial charge is 0.182 e. The highest BCUT2D eigenvalue weighted by Crippen LogP contribution is 2.36. The summed E-state index contributed by atoms with van der Waals surface area (Å²) in [7, 11) is 3.83. The standard InChI is InChI=1S/C20H16FN5O.CH3F/c1-22-19-14-9-12(13-5-3-4-6-15(13)21)10-17(27-2)18(14)25-20(26-19)16-11-23-7-8-24-16;1-2/h3-11H,1-2H3,(H,22,25,26);1H3. The summed E-state index contributed by atoms with van der Waals surface area (Å²) in [4.78, 5) is 17.5. The minimum atomic E-state index is -0.304. The van der Waals surface area contributed by atoms with Crippen molar-refractivity contribution in [3.05, 3.63) is 60.8 Å². The highest BCUT2D eigenvalue weighted by atomic mass is 19.1. The zero-order valence-electron chi connectivity index (χ0n) is 16.1. The van der Waals surface area contributed by atoms with Crippen LogP contribution in [-0.4, -0.2) is 41.3 Å². The maximum absolute atomic E-state index is 14.3. The predicted molar refractivity (Wildman–Crippen MR) is 109 cm³/mol. The fourth-order valence-corrected chi connectivity index (χ4v) is 2.93. The highest BCUT2D eigenvalue weighted by molar-refractivity contribution is 5.97. The molecule has 0 amide bonds. The van der Waals surface area contributed by atoms with E-state index in [2.05, 4.69) is 25.3 Å². The summed E-state index contributed by atoms with van der Waals surface area (Å²) in [6.07, 6.45) is 4.77. The molecule has 0 bridgehead atoms. The third-order valence-electron chi connectivity index (χ3n) is 4.20. The van der Waals surface area contributed by atoms with Crippen molar-refractivity contribution in [2.45, 2.75) is 0 Å². The molecule has 6 nitrogen and oxygen atoms in total. The van der Waals surface area contributed by atoms with Gasteiger partial charge in [0.25, 0.3) is 0 Å². The number of nitrogens with zero attached hydrogens (tertiary/aromatic N) is 4. The molecule has 0 aliphatic rings. The Morgan fingerprint density at radius 3 is 2.48 bits per heavy atom. The lowest BCUT2D eigenvalue weighted by molar-refractivity contribution is 0.419. The van der Waals surface area contributed by atoms with Crippen LogP contribution in [0.5, 0.6) is 5.75 Å². The zero-order valence-corrected chi connectivity index (χ0v) is 16.1. The lowest BCUT2D eigenvalue weighted by Crippen LogP contribution is -2.01. The first kappa shape index (κ1) is 20.1. The van der Waals surface area contributed by atoms with Gasteiger partial charge in [0.2, 0.25) is 0 Å². The summed E-state index contributed by atoms with van der Waals surface area (Å²) in [6.45, 7) is 0. The van der Waals surface area contributed by atoms with Crippen LogP contribution in [0.25, 0.3) is 33.5 Å². The maximum Gasteiger partial charge on any atom is 0.182 e. The van der Waals surface area contributed by atoms with Crippen LogP contribution in [0.15, 0.2) is 55.0 Å². The van der Waals surface area contributed by atoms with E-state index in [0.29, 0.717) is 46.9 Å². The SMILES string of the molecule is CF.CNc1nc(-c2cnccn2)nc2c(OC)cc(-c3ccccc3F)cc12. The van der Waals surface area contributed by atoms with Crippen molar-refractivity contribution in [3.63, 3.8) is 0 Å². The average molecular weight is 395 g/mol. The molecule has 2 aromatic heterocycles. The fourth-order valence-electron chi connectivity index (χ4n) is 2.93. The summed E-state index contributed by atoms with van der Waals surface area (Å²) >= 11 is 0. The van der Waals surface area contributed by atoms with Crippen molar-refractivity contribution in [3.8, 4) is 28.4 Å². The predicted octanol–water partition coefficient (Wildman–Crippen LogP) is 4.53. The highest BCUT2D eigenvalue weighted by Gasteiger charge is 2.16. The normalized spacial score (nSPS) is 10.2. The van der Waals surface area contributed by atoms with Crippen molar-refractivity contribution in [1.29, 1.82) is 0 Å². The van der Waals surface area contributed by atoms with Crippen molar-refractivity contribution in [2.75, 3.05) is 26.7 Å². The fraction of sp³-hybridized carbons (Fsp3) is 0.143. The maximum atomic E-state index is 14.3. The van der Waals surface area contributed by atoms with E-state index in [1.165, 1.54) is 6.07 Å². The number of benzene rings is 2. The van der Waals surface area contributed by atoms with E-state index in [1.54, 1.807) is 57.0 Å². The van der Waals surface area contributed by atoms with Crippen molar-refractivity contribution < 1.29 is 13.5 Å². The third kappa shape index (κ3) is 3.96. The number of methoxy groups -OCH3 is 1. The van der Waals surface area contributed by atoms with Gasteiger partial charge in [-0.3, -0.25) is 9.37 Å². The summed E-state index contributed by atoms with van der Waals surface area (Å²) in [5.41, 5.74) is 2.33. The van der Waals surface area contributed by atoms with Crippen LogP contribution in [0.2, 0.25) is 0 Å². The molecule has 0 aliphatic heterocycles. The van der Waals surface area contributed by atoms with E-state index in [1.807, 2.05) is 6.07 Å². The number of anilines is 1. The van der Waals surface area contributed by atoms with Gasteiger partial charge in [0, 0.05) is 30.4 Å². The van der Waals surface area contributed by atoms with Crippen LogP contribution in [0.1, 0.15) is 0 Å². The molecule has 0 unspecified atom stereocenters. The summed E-state index contributed by atoms with van der Waals surface area (Å²) in [5.74, 6) is 1.24. The molecule has 29 heavy (non-hydrogen) atoms. The Hall–Kier alpha value is -3.68. The number of nitrogens with one attached hydrogen (secondary N) is 1. The molecule has 4 rings (SSSR count). The molecule has 0 fully saturated rings. The Labute approximate surface area is 166 Å². The van der Waals surface area contributed by atoms with Crippen molar-refractivity contribution in [1.82, 2.24) is 19.9 Å². The average Bonchev–Trinajstić information content (AvgIpc) is 2.79. The van der Waals surface area contributed by atoms with Gasteiger partial charge in [0.15, 0.2) is 5.82 Å². The lowest BCUT2D eigenvalue weighted by Gasteiger charge is -2.13. The van der Waals surface area contributed by atoms with Crippen LogP contribution in [0.3, 0.4) is 0 Å². The molecular formula is C21H19F2N5O. The topological polar surface area (TPSA) is 72.8 Å². The molecule has 0 atom stereocenters. The van der Waals surface area contributed by atoms with E-state index < -0.39 is 0 Å². The summed E-state index contributed by atoms with van der Waals surface area (Å²) in [6, 6.07) is 10.2. The molecule has 1 N–H and O–H groups in total. The summed E-state index contributed by atoms with van der Waals surface area (Å²) in [5, 5.41) is 3.80. The molecule has 2 heterocycles. The molecule has 0 aliphatic carbocycles. The van der Waals surface area contributed by atoms with E-state index in [0.717, 1.165) is 5.39 Å². The number of halogens is 2. The zero-order chi connectivity index (χ0) is 20.8. The van der Waals surface area contributed by atoms with Crippen LogP contribution in [0, 0.1) is 5.82 Å². The molecule has 2 aromatic carbocycles. The number of hydrogen-bond donors (Lipinski definition) is 1. The van der Waals surface area contributed by atoms with Crippen LogP contribution in [0.4, 0.5) is 14.6 Å². The number of fused-ring (bicyclic) bond motifs is 1. The van der Waals surface area contributed by atoms with Crippen molar-refractivity contribution in [2.24, 2.45) is 0 Å². The van der Waals surface area contributed by atoms with E-state index in [9.17, 15) is 8.78 Å². The van der Waals surface area contributed by atoms with Gasteiger partial charge >= 0.3 is 0 Å². The minimum Gasteiger partial charge on any atom is -0.494 e. The van der Waals surface area contributed by atoms with E-state index in [4.69, 9.17) is 4.74 Å². The van der Waals surface area contributed by atoms with Gasteiger partial charge in [0.05, 0.1) is 20.5 Å². The molecular weight excluding hydrogens is 376 g/mol. The van der Waals surface area contributed by atoms with E-state index in [-0.39, 0.29) is 5.82 Å². The van der Waals surface area contributed by atoms with Gasteiger partial charge in [-0.2, -0.15) is 0 Å². The monoisotopic (exact) mass is 395 g/mol. The first-order chi connectivity index (χ1) is 14.2. The largest absolute Gasteiger partial charge is 0.494 e. The number of rotatable bonds is 4. The van der Waals surface area contributed by atoms with Gasteiger partial charge in [0.1, 0.15) is 28.6 Å². The Kier molecular flexibility index (Phi) is 6.23. The number of hydrogen-bond acceptors (Lipinski definition) is 6. The molecule has 0 radical (unpaired) electrons. The Morgan fingerprint density at radius 1 is 1.03 bits per heavy atom. The second kappa shape index (κ2) is 9.01. The van der Waals surface area contributed by atoms with Crippen LogP contribution >= 0.6 is 0 Å². The molecule has 148 valence electrons. The second-order valence-electron chi connectivity index (χ2n) is 5.79. The third-order valence-corrected chi connectivity index (χ3v) is 4.20.